The van der Waals surface area contributed by atoms with Crippen molar-refractivity contribution in [2.75, 3.05) is 18.6 Å². The molecule has 0 aliphatic heterocycles. The molecule has 1 heterocycles. The van der Waals surface area contributed by atoms with Crippen LogP contribution in [0.2, 0.25) is 0 Å². The number of carbonyl (C=O) groups excluding carboxylic acids is 1. The van der Waals surface area contributed by atoms with E-state index in [0.717, 1.165) is 12.3 Å². The SMILES string of the molecule is CS(=O)CCNC(=O)c1cc(C(=O)O)co1. The van der Waals surface area contributed by atoms with Gasteiger partial charge in [0.15, 0.2) is 5.76 Å². The molecule has 1 amide bonds. The van der Waals surface area contributed by atoms with Crippen LogP contribution >= 0.6 is 0 Å². The molecule has 7 heteroatoms. The predicted molar refractivity (Wildman–Crippen MR) is 56.9 cm³/mol. The zero-order chi connectivity index (χ0) is 12.1. The summed E-state index contributed by atoms with van der Waals surface area (Å²) in [7, 11) is -0.980. The van der Waals surface area contributed by atoms with Gasteiger partial charge < -0.3 is 14.8 Å². The van der Waals surface area contributed by atoms with Crippen molar-refractivity contribution in [1.29, 1.82) is 0 Å². The summed E-state index contributed by atoms with van der Waals surface area (Å²) in [6.45, 7) is 0.255. The van der Waals surface area contributed by atoms with Gasteiger partial charge in [0.2, 0.25) is 0 Å². The van der Waals surface area contributed by atoms with Crippen LogP contribution in [0.25, 0.3) is 0 Å². The van der Waals surface area contributed by atoms with Gasteiger partial charge in [0.1, 0.15) is 6.26 Å². The topological polar surface area (TPSA) is 96.6 Å². The first-order valence-electron chi connectivity index (χ1n) is 4.40. The van der Waals surface area contributed by atoms with Crippen LogP contribution in [0.1, 0.15) is 20.9 Å². The van der Waals surface area contributed by atoms with Gasteiger partial charge in [-0.05, 0) is 0 Å². The van der Waals surface area contributed by atoms with E-state index in [0.29, 0.717) is 5.75 Å². The van der Waals surface area contributed by atoms with Gasteiger partial charge in [-0.25, -0.2) is 4.79 Å². The average molecular weight is 245 g/mol. The third-order valence-electron chi connectivity index (χ3n) is 1.75. The van der Waals surface area contributed by atoms with E-state index in [1.807, 2.05) is 0 Å². The first kappa shape index (κ1) is 12.4. The molecule has 1 aromatic rings. The fourth-order valence-corrected chi connectivity index (χ4v) is 1.35. The van der Waals surface area contributed by atoms with E-state index in [2.05, 4.69) is 5.32 Å². The number of aromatic carboxylic acids is 1. The maximum absolute atomic E-state index is 11.4. The fraction of sp³-hybridized carbons (Fsp3) is 0.333. The van der Waals surface area contributed by atoms with Crippen molar-refractivity contribution in [1.82, 2.24) is 5.32 Å². The van der Waals surface area contributed by atoms with Gasteiger partial charge in [0.25, 0.3) is 5.91 Å². The zero-order valence-corrected chi connectivity index (χ0v) is 9.37. The molecule has 0 radical (unpaired) electrons. The molecule has 1 atom stereocenters. The van der Waals surface area contributed by atoms with Crippen molar-refractivity contribution in [2.24, 2.45) is 0 Å². The highest BCUT2D eigenvalue weighted by Crippen LogP contribution is 2.07. The maximum atomic E-state index is 11.4. The third kappa shape index (κ3) is 3.50. The summed E-state index contributed by atoms with van der Waals surface area (Å²) in [6, 6.07) is 1.14. The van der Waals surface area contributed by atoms with Crippen LogP contribution in [0.3, 0.4) is 0 Å². The second-order valence-electron chi connectivity index (χ2n) is 3.04. The molecule has 6 nitrogen and oxygen atoms in total. The molecule has 88 valence electrons. The van der Waals surface area contributed by atoms with Crippen LogP contribution in [0, 0.1) is 0 Å². The summed E-state index contributed by atoms with van der Waals surface area (Å²) in [5.74, 6) is -1.40. The summed E-state index contributed by atoms with van der Waals surface area (Å²) in [6.07, 6.45) is 2.52. The Morgan fingerprint density at radius 1 is 1.56 bits per heavy atom. The molecule has 0 saturated heterocycles. The van der Waals surface area contributed by atoms with Crippen molar-refractivity contribution in [3.05, 3.63) is 23.7 Å². The lowest BCUT2D eigenvalue weighted by Gasteiger charge is -2.00. The Balaban J connectivity index is 2.53. The average Bonchev–Trinajstić information content (AvgIpc) is 2.65. The smallest absolute Gasteiger partial charge is 0.338 e. The lowest BCUT2D eigenvalue weighted by molar-refractivity contribution is 0.0696. The zero-order valence-electron chi connectivity index (χ0n) is 8.56. The molecule has 0 saturated carbocycles. The standard InChI is InChI=1S/C9H11NO5S/c1-16(14)3-2-10-8(11)7-4-6(5-15-7)9(12)13/h4-5H,2-3H2,1H3,(H,10,11)(H,12,13). The molecule has 1 rings (SSSR count). The van der Waals surface area contributed by atoms with Gasteiger partial charge in [-0.1, -0.05) is 0 Å². The number of carboxylic acid groups (broad SMARTS) is 1. The number of hydrogen-bond acceptors (Lipinski definition) is 4. The molecular weight excluding hydrogens is 234 g/mol. The van der Waals surface area contributed by atoms with Gasteiger partial charge in [-0.3, -0.25) is 9.00 Å². The molecule has 0 aliphatic carbocycles. The van der Waals surface area contributed by atoms with Crippen molar-refractivity contribution in [3.63, 3.8) is 0 Å². The molecule has 0 bridgehead atoms. The van der Waals surface area contributed by atoms with Crippen LogP contribution in [0.4, 0.5) is 0 Å². The normalized spacial score (nSPS) is 12.1. The Bertz CT molecular complexity index is 425. The highest BCUT2D eigenvalue weighted by molar-refractivity contribution is 7.84. The summed E-state index contributed by atoms with van der Waals surface area (Å²) < 4.78 is 15.5. The Hall–Kier alpha value is -1.63. The lowest BCUT2D eigenvalue weighted by atomic mass is 10.3. The molecule has 0 fully saturated rings. The first-order valence-corrected chi connectivity index (χ1v) is 6.13. The van der Waals surface area contributed by atoms with Crippen molar-refractivity contribution in [3.8, 4) is 0 Å². The minimum atomic E-state index is -1.16. The van der Waals surface area contributed by atoms with Crippen LogP contribution in [-0.4, -0.2) is 39.7 Å². The second kappa shape index (κ2) is 5.45. The van der Waals surface area contributed by atoms with Gasteiger partial charge in [0.05, 0.1) is 5.56 Å². The highest BCUT2D eigenvalue weighted by Gasteiger charge is 2.13. The van der Waals surface area contributed by atoms with Gasteiger partial charge in [0, 0.05) is 35.4 Å². The summed E-state index contributed by atoms with van der Waals surface area (Å²) in [5, 5.41) is 11.1. The van der Waals surface area contributed by atoms with Crippen LogP contribution in [-0.2, 0) is 10.8 Å². The molecule has 1 aromatic heterocycles. The fourth-order valence-electron chi connectivity index (χ4n) is 0.963. The first-order chi connectivity index (χ1) is 7.50. The van der Waals surface area contributed by atoms with E-state index < -0.39 is 22.7 Å². The van der Waals surface area contributed by atoms with Crippen LogP contribution < -0.4 is 5.32 Å². The summed E-state index contributed by atoms with van der Waals surface area (Å²) in [4.78, 5) is 21.9. The molecule has 0 spiro atoms. The predicted octanol–water partition coefficient (Wildman–Crippen LogP) is 0.0861. The number of amides is 1. The van der Waals surface area contributed by atoms with Gasteiger partial charge >= 0.3 is 5.97 Å². The number of rotatable bonds is 5. The molecule has 0 aromatic carbocycles. The number of furan rings is 1. The minimum absolute atomic E-state index is 0.0701. The monoisotopic (exact) mass is 245 g/mol. The summed E-state index contributed by atoms with van der Waals surface area (Å²) in [5.41, 5.74) is -0.0794. The van der Waals surface area contributed by atoms with E-state index in [-0.39, 0.29) is 17.9 Å². The molecule has 2 N–H and O–H groups in total. The molecule has 1 unspecified atom stereocenters. The Morgan fingerprint density at radius 2 is 2.25 bits per heavy atom. The minimum Gasteiger partial charge on any atom is -0.478 e. The molecule has 0 aliphatic rings. The van der Waals surface area contributed by atoms with E-state index >= 15 is 0 Å². The molecule has 16 heavy (non-hydrogen) atoms. The van der Waals surface area contributed by atoms with Crippen LogP contribution in [0.5, 0.6) is 0 Å². The second-order valence-corrected chi connectivity index (χ2v) is 4.59. The van der Waals surface area contributed by atoms with Gasteiger partial charge in [-0.15, -0.1) is 0 Å². The Labute approximate surface area is 94.1 Å². The van der Waals surface area contributed by atoms with Crippen molar-refractivity contribution in [2.45, 2.75) is 0 Å². The number of hydrogen-bond donors (Lipinski definition) is 2. The number of nitrogens with one attached hydrogen (secondary N) is 1. The summed E-state index contributed by atoms with van der Waals surface area (Å²) >= 11 is 0. The Kier molecular flexibility index (Phi) is 4.24. The number of carbonyl (C=O) groups is 2. The quantitative estimate of drug-likeness (QED) is 0.766. The largest absolute Gasteiger partial charge is 0.478 e. The van der Waals surface area contributed by atoms with Crippen LogP contribution in [0.15, 0.2) is 16.7 Å². The van der Waals surface area contributed by atoms with Gasteiger partial charge in [-0.2, -0.15) is 0 Å². The van der Waals surface area contributed by atoms with Crippen molar-refractivity contribution < 1.29 is 23.3 Å². The van der Waals surface area contributed by atoms with Crippen molar-refractivity contribution >= 4 is 22.7 Å². The highest BCUT2D eigenvalue weighted by atomic mass is 32.2. The number of carboxylic acids is 1. The lowest BCUT2D eigenvalue weighted by Crippen LogP contribution is -2.27. The third-order valence-corrected chi connectivity index (χ3v) is 2.52. The van der Waals surface area contributed by atoms with E-state index in [1.165, 1.54) is 6.26 Å². The maximum Gasteiger partial charge on any atom is 0.338 e. The van der Waals surface area contributed by atoms with E-state index in [1.54, 1.807) is 0 Å². The molecular formula is C9H11NO5S. The Morgan fingerprint density at radius 3 is 2.75 bits per heavy atom. The van der Waals surface area contributed by atoms with E-state index in [9.17, 15) is 13.8 Å². The van der Waals surface area contributed by atoms with E-state index in [4.69, 9.17) is 9.52 Å².